The molecule has 2 aliphatic rings. The van der Waals surface area contributed by atoms with Crippen molar-refractivity contribution < 1.29 is 14.0 Å². The first-order chi connectivity index (χ1) is 10.3. The van der Waals surface area contributed by atoms with Crippen LogP contribution in [-0.4, -0.2) is 36.5 Å². The molecule has 0 N–H and O–H groups in total. The van der Waals surface area contributed by atoms with Crippen molar-refractivity contribution >= 4 is 12.6 Å². The summed E-state index contributed by atoms with van der Waals surface area (Å²) in [4.78, 5) is 4.43. The lowest BCUT2D eigenvalue weighted by Crippen LogP contribution is -2.41. The van der Waals surface area contributed by atoms with Gasteiger partial charge in [0.1, 0.15) is 11.8 Å². The zero-order valence-corrected chi connectivity index (χ0v) is 13.5. The molecule has 0 saturated carbocycles. The van der Waals surface area contributed by atoms with Crippen molar-refractivity contribution in [1.29, 1.82) is 5.26 Å². The molecule has 1 atom stereocenters. The van der Waals surface area contributed by atoms with Crippen LogP contribution in [-0.2, 0) is 14.0 Å². The standard InChI is InChI=1S/C16H21BN2O3/c1-15(2)16(3,4)22-17(21-15)12-7-13(9-18)19-14(8-12)11-5-6-20-10-11/h7-8,11H,5-6,10H2,1-4H3. The highest BCUT2D eigenvalue weighted by Gasteiger charge is 2.51. The van der Waals surface area contributed by atoms with E-state index in [2.05, 4.69) is 11.1 Å². The first-order valence-electron chi connectivity index (χ1n) is 7.68. The molecule has 1 aromatic rings. The lowest BCUT2D eigenvalue weighted by Gasteiger charge is -2.32. The minimum atomic E-state index is -0.471. The van der Waals surface area contributed by atoms with Gasteiger partial charge in [-0.3, -0.25) is 0 Å². The fraction of sp³-hybridized carbons (Fsp3) is 0.625. The fourth-order valence-corrected chi connectivity index (χ4v) is 2.72. The molecule has 2 saturated heterocycles. The van der Waals surface area contributed by atoms with Gasteiger partial charge in [-0.2, -0.15) is 5.26 Å². The minimum absolute atomic E-state index is 0.245. The first-order valence-corrected chi connectivity index (χ1v) is 7.68. The van der Waals surface area contributed by atoms with Gasteiger partial charge in [0, 0.05) is 18.2 Å². The van der Waals surface area contributed by atoms with Crippen LogP contribution in [0, 0.1) is 11.3 Å². The van der Waals surface area contributed by atoms with Gasteiger partial charge >= 0.3 is 7.12 Å². The minimum Gasteiger partial charge on any atom is -0.399 e. The van der Waals surface area contributed by atoms with Crippen molar-refractivity contribution in [2.45, 2.75) is 51.2 Å². The third-order valence-corrected chi connectivity index (χ3v) is 4.86. The second-order valence-electron chi connectivity index (χ2n) is 6.97. The van der Waals surface area contributed by atoms with Crippen molar-refractivity contribution in [1.82, 2.24) is 4.98 Å². The predicted octanol–water partition coefficient (Wildman–Crippen LogP) is 1.76. The largest absolute Gasteiger partial charge is 0.495 e. The molecule has 3 rings (SSSR count). The smallest absolute Gasteiger partial charge is 0.399 e. The fourth-order valence-electron chi connectivity index (χ4n) is 2.72. The highest BCUT2D eigenvalue weighted by Crippen LogP contribution is 2.36. The van der Waals surface area contributed by atoms with E-state index in [0.717, 1.165) is 24.2 Å². The normalized spacial score (nSPS) is 26.1. The van der Waals surface area contributed by atoms with Gasteiger partial charge in [0.2, 0.25) is 0 Å². The van der Waals surface area contributed by atoms with E-state index in [1.54, 1.807) is 6.07 Å². The number of ether oxygens (including phenoxy) is 1. The Bertz CT molecular complexity index is 602. The van der Waals surface area contributed by atoms with E-state index in [1.807, 2.05) is 33.8 Å². The highest BCUT2D eigenvalue weighted by molar-refractivity contribution is 6.62. The van der Waals surface area contributed by atoms with Gasteiger partial charge in [0.15, 0.2) is 0 Å². The molecular weight excluding hydrogens is 279 g/mol. The molecule has 0 aliphatic carbocycles. The maximum Gasteiger partial charge on any atom is 0.495 e. The van der Waals surface area contributed by atoms with Gasteiger partial charge in [-0.25, -0.2) is 4.98 Å². The maximum absolute atomic E-state index is 9.25. The number of nitrogens with zero attached hydrogens (tertiary/aromatic N) is 2. The van der Waals surface area contributed by atoms with Gasteiger partial charge in [0.05, 0.1) is 17.8 Å². The predicted molar refractivity (Wildman–Crippen MR) is 82.8 cm³/mol. The van der Waals surface area contributed by atoms with Crippen molar-refractivity contribution in [3.05, 3.63) is 23.5 Å². The Balaban J connectivity index is 1.94. The van der Waals surface area contributed by atoms with Crippen LogP contribution < -0.4 is 5.46 Å². The van der Waals surface area contributed by atoms with Crippen LogP contribution >= 0.6 is 0 Å². The maximum atomic E-state index is 9.25. The number of aromatic nitrogens is 1. The summed E-state index contributed by atoms with van der Waals surface area (Å²) >= 11 is 0. The van der Waals surface area contributed by atoms with Crippen LogP contribution in [0.5, 0.6) is 0 Å². The van der Waals surface area contributed by atoms with E-state index in [0.29, 0.717) is 12.3 Å². The Hall–Kier alpha value is -1.42. The van der Waals surface area contributed by atoms with Gasteiger partial charge < -0.3 is 14.0 Å². The third kappa shape index (κ3) is 2.65. The SMILES string of the molecule is CC1(C)OB(c2cc(C#N)nc(C3CCOC3)c2)OC1(C)C. The number of pyridine rings is 1. The Labute approximate surface area is 131 Å². The summed E-state index contributed by atoms with van der Waals surface area (Å²) in [6.07, 6.45) is 0.935. The van der Waals surface area contributed by atoms with E-state index >= 15 is 0 Å². The quantitative estimate of drug-likeness (QED) is 0.779. The second kappa shape index (κ2) is 5.34. The van der Waals surface area contributed by atoms with Gasteiger partial charge in [0.25, 0.3) is 0 Å². The molecule has 0 amide bonds. The second-order valence-corrected chi connectivity index (χ2v) is 6.97. The zero-order valence-electron chi connectivity index (χ0n) is 13.5. The summed E-state index contributed by atoms with van der Waals surface area (Å²) in [6, 6.07) is 5.87. The summed E-state index contributed by atoms with van der Waals surface area (Å²) in [5.41, 5.74) is 1.34. The Morgan fingerprint density at radius 1 is 1.23 bits per heavy atom. The van der Waals surface area contributed by atoms with Crippen molar-refractivity contribution in [3.63, 3.8) is 0 Å². The summed E-state index contributed by atoms with van der Waals surface area (Å²) in [6.45, 7) is 9.48. The van der Waals surface area contributed by atoms with E-state index in [9.17, 15) is 5.26 Å². The summed E-state index contributed by atoms with van der Waals surface area (Å²) in [5.74, 6) is 0.245. The van der Waals surface area contributed by atoms with Crippen LogP contribution in [0.2, 0.25) is 0 Å². The molecule has 6 heteroatoms. The van der Waals surface area contributed by atoms with E-state index in [1.165, 1.54) is 0 Å². The molecule has 0 spiro atoms. The van der Waals surface area contributed by atoms with Crippen LogP contribution in [0.15, 0.2) is 12.1 Å². The molecule has 0 aromatic carbocycles. The summed E-state index contributed by atoms with van der Waals surface area (Å²) in [5, 5.41) is 9.25. The molecule has 2 fully saturated rings. The van der Waals surface area contributed by atoms with Crippen LogP contribution in [0.1, 0.15) is 51.4 Å². The average molecular weight is 300 g/mol. The highest BCUT2D eigenvalue weighted by atomic mass is 16.7. The zero-order chi connectivity index (χ0) is 16.0. The Morgan fingerprint density at radius 3 is 2.45 bits per heavy atom. The molecule has 2 aliphatic heterocycles. The molecule has 1 aromatic heterocycles. The molecule has 5 nitrogen and oxygen atoms in total. The van der Waals surface area contributed by atoms with E-state index < -0.39 is 18.3 Å². The number of rotatable bonds is 2. The lowest BCUT2D eigenvalue weighted by atomic mass is 9.78. The number of nitriles is 1. The lowest BCUT2D eigenvalue weighted by molar-refractivity contribution is 0.00578. The molecular formula is C16H21BN2O3. The van der Waals surface area contributed by atoms with Crippen LogP contribution in [0.3, 0.4) is 0 Å². The summed E-state index contributed by atoms with van der Waals surface area (Å²) in [7, 11) is -0.471. The summed E-state index contributed by atoms with van der Waals surface area (Å²) < 4.78 is 17.6. The van der Waals surface area contributed by atoms with E-state index in [4.69, 9.17) is 14.0 Å². The van der Waals surface area contributed by atoms with Gasteiger partial charge in [-0.05, 0) is 51.7 Å². The van der Waals surface area contributed by atoms with Crippen molar-refractivity contribution in [3.8, 4) is 6.07 Å². The molecule has 116 valence electrons. The number of hydrogen-bond acceptors (Lipinski definition) is 5. The monoisotopic (exact) mass is 300 g/mol. The van der Waals surface area contributed by atoms with Crippen LogP contribution in [0.25, 0.3) is 0 Å². The Kier molecular flexibility index (Phi) is 3.76. The van der Waals surface area contributed by atoms with Crippen molar-refractivity contribution in [2.24, 2.45) is 0 Å². The van der Waals surface area contributed by atoms with Gasteiger partial charge in [-0.15, -0.1) is 0 Å². The van der Waals surface area contributed by atoms with E-state index in [-0.39, 0.29) is 5.92 Å². The average Bonchev–Trinajstić information content (AvgIpc) is 3.05. The topological polar surface area (TPSA) is 64.4 Å². The molecule has 22 heavy (non-hydrogen) atoms. The Morgan fingerprint density at radius 2 is 1.91 bits per heavy atom. The molecule has 0 bridgehead atoms. The van der Waals surface area contributed by atoms with Crippen molar-refractivity contribution in [2.75, 3.05) is 13.2 Å². The first kappa shape index (κ1) is 15.5. The number of hydrogen-bond donors (Lipinski definition) is 0. The molecule has 3 heterocycles. The van der Waals surface area contributed by atoms with Crippen LogP contribution in [0.4, 0.5) is 0 Å². The van der Waals surface area contributed by atoms with Gasteiger partial charge in [-0.1, -0.05) is 0 Å². The molecule has 0 radical (unpaired) electrons. The molecule has 1 unspecified atom stereocenters. The third-order valence-electron chi connectivity index (χ3n) is 4.86.